The van der Waals surface area contributed by atoms with E-state index in [9.17, 15) is 0 Å². The van der Waals surface area contributed by atoms with Gasteiger partial charge in [0.1, 0.15) is 0 Å². The lowest BCUT2D eigenvalue weighted by molar-refractivity contribution is 0.0319. The molecule has 0 aromatic carbocycles. The van der Waals surface area contributed by atoms with E-state index in [-0.39, 0.29) is 0 Å². The van der Waals surface area contributed by atoms with Crippen molar-refractivity contribution in [2.75, 3.05) is 7.11 Å². The van der Waals surface area contributed by atoms with Gasteiger partial charge in [-0.15, -0.1) is 0 Å². The van der Waals surface area contributed by atoms with Gasteiger partial charge in [-0.1, -0.05) is 12.8 Å². The van der Waals surface area contributed by atoms with Crippen LogP contribution in [0, 0.1) is 11.8 Å². The van der Waals surface area contributed by atoms with E-state index in [1.165, 1.54) is 38.5 Å². The third-order valence-corrected chi connectivity index (χ3v) is 3.81. The van der Waals surface area contributed by atoms with Gasteiger partial charge in [0.05, 0.1) is 12.1 Å². The second-order valence-electron chi connectivity index (χ2n) is 4.77. The third-order valence-electron chi connectivity index (χ3n) is 3.81. The zero-order valence-corrected chi connectivity index (χ0v) is 9.04. The molecule has 2 unspecified atom stereocenters. The minimum atomic E-state index is 0.350. The van der Waals surface area contributed by atoms with Crippen molar-refractivity contribution in [2.45, 2.75) is 50.7 Å². The third kappa shape index (κ3) is 2.10. The van der Waals surface area contributed by atoms with Gasteiger partial charge >= 0.3 is 0 Å². The Morgan fingerprint density at radius 3 is 2.21 bits per heavy atom. The quantitative estimate of drug-likeness (QED) is 0.519. The van der Waals surface area contributed by atoms with Crippen LogP contribution in [0.2, 0.25) is 0 Å². The fourth-order valence-corrected chi connectivity index (χ4v) is 2.87. The molecule has 2 aliphatic rings. The minimum Gasteiger partial charge on any atom is -0.379 e. The summed E-state index contributed by atoms with van der Waals surface area (Å²) in [5.74, 6) is 7.17. The molecule has 0 aliphatic heterocycles. The van der Waals surface area contributed by atoms with Crippen LogP contribution in [0.15, 0.2) is 0 Å². The molecular weight excluding hydrogens is 176 g/mol. The first-order valence-electron chi connectivity index (χ1n) is 5.85. The highest BCUT2D eigenvalue weighted by atomic mass is 16.5. The lowest BCUT2D eigenvalue weighted by Gasteiger charge is -2.30. The van der Waals surface area contributed by atoms with Gasteiger partial charge in [0, 0.05) is 7.11 Å². The Balaban J connectivity index is 1.94. The number of hydrogen-bond acceptors (Lipinski definition) is 3. The standard InChI is InChI=1S/C11H22N2O/c1-14-11(9-6-7-9)10(13-12)8-4-2-3-5-8/h8-11,13H,2-7,12H2,1H3. The van der Waals surface area contributed by atoms with Gasteiger partial charge in [-0.05, 0) is 37.5 Å². The second-order valence-corrected chi connectivity index (χ2v) is 4.77. The summed E-state index contributed by atoms with van der Waals surface area (Å²) in [6.45, 7) is 0. The van der Waals surface area contributed by atoms with Gasteiger partial charge in [0.25, 0.3) is 0 Å². The van der Waals surface area contributed by atoms with Crippen molar-refractivity contribution in [3.8, 4) is 0 Å². The Labute approximate surface area is 86.4 Å². The maximum absolute atomic E-state index is 5.66. The van der Waals surface area contributed by atoms with Crippen molar-refractivity contribution >= 4 is 0 Å². The van der Waals surface area contributed by atoms with Crippen molar-refractivity contribution < 1.29 is 4.74 Å². The molecule has 0 amide bonds. The highest BCUT2D eigenvalue weighted by Gasteiger charge is 2.40. The van der Waals surface area contributed by atoms with Crippen molar-refractivity contribution in [1.82, 2.24) is 5.43 Å². The van der Waals surface area contributed by atoms with E-state index in [0.29, 0.717) is 12.1 Å². The summed E-state index contributed by atoms with van der Waals surface area (Å²) < 4.78 is 5.60. The largest absolute Gasteiger partial charge is 0.379 e. The van der Waals surface area contributed by atoms with Crippen LogP contribution in [0.1, 0.15) is 38.5 Å². The molecule has 3 N–H and O–H groups in total. The van der Waals surface area contributed by atoms with Gasteiger partial charge in [-0.3, -0.25) is 11.3 Å². The summed E-state index contributed by atoms with van der Waals surface area (Å²) >= 11 is 0. The van der Waals surface area contributed by atoms with E-state index in [2.05, 4.69) is 5.43 Å². The van der Waals surface area contributed by atoms with Crippen molar-refractivity contribution in [1.29, 1.82) is 0 Å². The van der Waals surface area contributed by atoms with Gasteiger partial charge in [0.15, 0.2) is 0 Å². The number of nitrogens with two attached hydrogens (primary N) is 1. The van der Waals surface area contributed by atoms with E-state index in [1.807, 2.05) is 7.11 Å². The molecule has 2 saturated carbocycles. The van der Waals surface area contributed by atoms with E-state index in [4.69, 9.17) is 10.6 Å². The topological polar surface area (TPSA) is 47.3 Å². The maximum atomic E-state index is 5.66. The molecule has 0 aromatic rings. The molecule has 2 aliphatic carbocycles. The molecular formula is C11H22N2O. The summed E-state index contributed by atoms with van der Waals surface area (Å²) in [7, 11) is 1.82. The Kier molecular flexibility index (Phi) is 3.42. The smallest absolute Gasteiger partial charge is 0.0768 e. The lowest BCUT2D eigenvalue weighted by atomic mass is 9.91. The molecule has 14 heavy (non-hydrogen) atoms. The molecule has 3 nitrogen and oxygen atoms in total. The van der Waals surface area contributed by atoms with Crippen LogP contribution >= 0.6 is 0 Å². The van der Waals surface area contributed by atoms with Crippen LogP contribution in [0.3, 0.4) is 0 Å². The maximum Gasteiger partial charge on any atom is 0.0768 e. The Morgan fingerprint density at radius 2 is 1.79 bits per heavy atom. The van der Waals surface area contributed by atoms with E-state index in [1.54, 1.807) is 0 Å². The monoisotopic (exact) mass is 198 g/mol. The molecule has 0 spiro atoms. The predicted octanol–water partition coefficient (Wildman–Crippen LogP) is 1.43. The normalized spacial score (nSPS) is 27.9. The zero-order valence-electron chi connectivity index (χ0n) is 9.04. The van der Waals surface area contributed by atoms with E-state index in [0.717, 1.165) is 11.8 Å². The first kappa shape index (κ1) is 10.4. The number of nitrogens with one attached hydrogen (secondary N) is 1. The Hall–Kier alpha value is -0.120. The van der Waals surface area contributed by atoms with E-state index < -0.39 is 0 Å². The van der Waals surface area contributed by atoms with Crippen LogP contribution in [0.5, 0.6) is 0 Å². The van der Waals surface area contributed by atoms with E-state index >= 15 is 0 Å². The average molecular weight is 198 g/mol. The molecule has 0 aromatic heterocycles. The molecule has 82 valence electrons. The highest BCUT2D eigenvalue weighted by molar-refractivity contribution is 4.93. The minimum absolute atomic E-state index is 0.350. The summed E-state index contributed by atoms with van der Waals surface area (Å²) in [6, 6.07) is 0.384. The zero-order chi connectivity index (χ0) is 9.97. The first-order chi connectivity index (χ1) is 6.86. The summed E-state index contributed by atoms with van der Waals surface area (Å²) in [4.78, 5) is 0. The molecule has 0 saturated heterocycles. The summed E-state index contributed by atoms with van der Waals surface area (Å²) in [6.07, 6.45) is 8.37. The van der Waals surface area contributed by atoms with Crippen molar-refractivity contribution in [3.05, 3.63) is 0 Å². The number of hydrazine groups is 1. The fourth-order valence-electron chi connectivity index (χ4n) is 2.87. The Morgan fingerprint density at radius 1 is 1.14 bits per heavy atom. The summed E-state index contributed by atoms with van der Waals surface area (Å²) in [5.41, 5.74) is 2.99. The fraction of sp³-hybridized carbons (Fsp3) is 1.00. The second kappa shape index (κ2) is 4.60. The van der Waals surface area contributed by atoms with Crippen LogP contribution in [-0.4, -0.2) is 19.3 Å². The summed E-state index contributed by atoms with van der Waals surface area (Å²) in [5, 5.41) is 0. The molecule has 2 rings (SSSR count). The predicted molar refractivity (Wildman–Crippen MR) is 56.6 cm³/mol. The number of methoxy groups -OCH3 is 1. The van der Waals surface area contributed by atoms with Gasteiger partial charge in [0.2, 0.25) is 0 Å². The molecule has 3 heteroatoms. The number of ether oxygens (including phenoxy) is 1. The molecule has 0 heterocycles. The molecule has 2 atom stereocenters. The molecule has 0 bridgehead atoms. The first-order valence-corrected chi connectivity index (χ1v) is 5.85. The average Bonchev–Trinajstić information content (AvgIpc) is 2.90. The molecule has 0 radical (unpaired) electrons. The van der Waals surface area contributed by atoms with Gasteiger partial charge in [-0.25, -0.2) is 0 Å². The highest BCUT2D eigenvalue weighted by Crippen LogP contribution is 2.39. The molecule has 2 fully saturated rings. The van der Waals surface area contributed by atoms with Crippen LogP contribution in [0.4, 0.5) is 0 Å². The number of rotatable bonds is 5. The SMILES string of the molecule is COC(C1CC1)C(NN)C1CCCC1. The number of hydrogen-bond donors (Lipinski definition) is 2. The van der Waals surface area contributed by atoms with Crippen LogP contribution in [-0.2, 0) is 4.74 Å². The lowest BCUT2D eigenvalue weighted by Crippen LogP contribution is -2.50. The Bertz CT molecular complexity index is 176. The van der Waals surface area contributed by atoms with Crippen molar-refractivity contribution in [2.24, 2.45) is 17.7 Å². The van der Waals surface area contributed by atoms with Gasteiger partial charge < -0.3 is 4.74 Å². The van der Waals surface area contributed by atoms with Gasteiger partial charge in [-0.2, -0.15) is 0 Å². The van der Waals surface area contributed by atoms with Crippen LogP contribution in [0.25, 0.3) is 0 Å². The van der Waals surface area contributed by atoms with Crippen LogP contribution < -0.4 is 11.3 Å². The van der Waals surface area contributed by atoms with Crippen molar-refractivity contribution in [3.63, 3.8) is 0 Å².